The van der Waals surface area contributed by atoms with Crippen molar-refractivity contribution in [1.82, 2.24) is 4.31 Å². The van der Waals surface area contributed by atoms with Gasteiger partial charge in [0.05, 0.1) is 10.8 Å². The van der Waals surface area contributed by atoms with Gasteiger partial charge in [-0.1, -0.05) is 11.6 Å². The molecule has 148 valence electrons. The zero-order valence-electron chi connectivity index (χ0n) is 15.4. The predicted molar refractivity (Wildman–Crippen MR) is 108 cm³/mol. The predicted octanol–water partition coefficient (Wildman–Crippen LogP) is 2.58. The Balaban J connectivity index is 1.67. The standard InChI is InChI=1S/C19H20ClN3O4S/c1-22(2)28(26,27)17-9-5-15(6-10-17)21-19(25)13-11-18(24)23(12-13)16-7-3-14(20)4-8-16/h3-10,13H,11-12H2,1-2H3,(H,21,25). The van der Waals surface area contributed by atoms with Crippen LogP contribution in [0.15, 0.2) is 53.4 Å². The molecule has 1 unspecified atom stereocenters. The van der Waals surface area contributed by atoms with Crippen molar-refractivity contribution in [2.75, 3.05) is 30.9 Å². The molecule has 9 heteroatoms. The summed E-state index contributed by atoms with van der Waals surface area (Å²) in [5.41, 5.74) is 1.17. The minimum absolute atomic E-state index is 0.113. The molecule has 2 amide bonds. The molecular formula is C19H20ClN3O4S. The van der Waals surface area contributed by atoms with Crippen LogP contribution >= 0.6 is 11.6 Å². The Bertz CT molecular complexity index is 989. The molecule has 1 saturated heterocycles. The first-order chi connectivity index (χ1) is 13.2. The Kier molecular flexibility index (Phi) is 5.74. The molecular weight excluding hydrogens is 402 g/mol. The largest absolute Gasteiger partial charge is 0.326 e. The van der Waals surface area contributed by atoms with E-state index >= 15 is 0 Å². The fourth-order valence-electron chi connectivity index (χ4n) is 2.92. The van der Waals surface area contributed by atoms with Gasteiger partial charge in [-0.15, -0.1) is 0 Å². The van der Waals surface area contributed by atoms with Crippen molar-refractivity contribution in [1.29, 1.82) is 0 Å². The molecule has 0 saturated carbocycles. The van der Waals surface area contributed by atoms with Crippen molar-refractivity contribution in [3.05, 3.63) is 53.6 Å². The van der Waals surface area contributed by atoms with Crippen molar-refractivity contribution >= 4 is 44.8 Å². The topological polar surface area (TPSA) is 86.8 Å². The summed E-state index contributed by atoms with van der Waals surface area (Å²) in [5, 5.41) is 3.32. The van der Waals surface area contributed by atoms with Gasteiger partial charge in [0.1, 0.15) is 0 Å². The van der Waals surface area contributed by atoms with Crippen LogP contribution in [0.1, 0.15) is 6.42 Å². The Morgan fingerprint density at radius 3 is 2.29 bits per heavy atom. The number of benzene rings is 2. The molecule has 1 atom stereocenters. The number of hydrogen-bond donors (Lipinski definition) is 1. The average Bonchev–Trinajstić information content (AvgIpc) is 3.04. The van der Waals surface area contributed by atoms with Crippen LogP contribution in [0.3, 0.4) is 0 Å². The van der Waals surface area contributed by atoms with Crippen LogP contribution in [0, 0.1) is 5.92 Å². The molecule has 2 aromatic carbocycles. The number of carbonyl (C=O) groups is 2. The Labute approximate surface area is 168 Å². The molecule has 1 heterocycles. The molecule has 0 aromatic heterocycles. The van der Waals surface area contributed by atoms with E-state index in [1.54, 1.807) is 29.2 Å². The lowest BCUT2D eigenvalue weighted by Gasteiger charge is -2.17. The van der Waals surface area contributed by atoms with Crippen molar-refractivity contribution in [3.63, 3.8) is 0 Å². The van der Waals surface area contributed by atoms with Gasteiger partial charge in [-0.3, -0.25) is 9.59 Å². The third-order valence-electron chi connectivity index (χ3n) is 4.53. The average molecular weight is 422 g/mol. The second-order valence-corrected chi connectivity index (χ2v) is 9.27. The lowest BCUT2D eigenvalue weighted by atomic mass is 10.1. The number of hydrogen-bond acceptors (Lipinski definition) is 4. The second-order valence-electron chi connectivity index (χ2n) is 6.68. The fourth-order valence-corrected chi connectivity index (χ4v) is 3.95. The van der Waals surface area contributed by atoms with E-state index in [0.29, 0.717) is 16.4 Å². The third kappa shape index (κ3) is 4.19. The maximum Gasteiger partial charge on any atom is 0.242 e. The van der Waals surface area contributed by atoms with Gasteiger partial charge < -0.3 is 10.2 Å². The summed E-state index contributed by atoms with van der Waals surface area (Å²) in [4.78, 5) is 26.5. The molecule has 1 aliphatic rings. The minimum atomic E-state index is -3.53. The molecule has 7 nitrogen and oxygen atoms in total. The van der Waals surface area contributed by atoms with Gasteiger partial charge in [-0.2, -0.15) is 0 Å². The van der Waals surface area contributed by atoms with Crippen molar-refractivity contribution in [2.24, 2.45) is 5.92 Å². The van der Waals surface area contributed by atoms with Gasteiger partial charge in [-0.25, -0.2) is 12.7 Å². The summed E-state index contributed by atoms with van der Waals surface area (Å²) in [7, 11) is -0.620. The third-order valence-corrected chi connectivity index (χ3v) is 6.62. The number of nitrogens with zero attached hydrogens (tertiary/aromatic N) is 2. The highest BCUT2D eigenvalue weighted by Gasteiger charge is 2.35. The Morgan fingerprint density at radius 1 is 1.11 bits per heavy atom. The van der Waals surface area contributed by atoms with Crippen molar-refractivity contribution in [2.45, 2.75) is 11.3 Å². The van der Waals surface area contributed by atoms with E-state index < -0.39 is 15.9 Å². The molecule has 1 aliphatic heterocycles. The van der Waals surface area contributed by atoms with E-state index in [1.807, 2.05) is 0 Å². The van der Waals surface area contributed by atoms with Gasteiger partial charge in [0.15, 0.2) is 0 Å². The molecule has 28 heavy (non-hydrogen) atoms. The first-order valence-electron chi connectivity index (χ1n) is 8.58. The first kappa shape index (κ1) is 20.3. The molecule has 0 spiro atoms. The maximum absolute atomic E-state index is 12.5. The first-order valence-corrected chi connectivity index (χ1v) is 10.4. The molecule has 2 aromatic rings. The monoisotopic (exact) mass is 421 g/mol. The van der Waals surface area contributed by atoms with E-state index in [4.69, 9.17) is 11.6 Å². The SMILES string of the molecule is CN(C)S(=O)(=O)c1ccc(NC(=O)C2CC(=O)N(c3ccc(Cl)cc3)C2)cc1. The highest BCUT2D eigenvalue weighted by atomic mass is 35.5. The minimum Gasteiger partial charge on any atom is -0.326 e. The van der Waals surface area contributed by atoms with Crippen LogP contribution in [0.5, 0.6) is 0 Å². The van der Waals surface area contributed by atoms with Gasteiger partial charge in [0, 0.05) is 43.5 Å². The van der Waals surface area contributed by atoms with E-state index in [1.165, 1.54) is 38.4 Å². The lowest BCUT2D eigenvalue weighted by Crippen LogP contribution is -2.28. The van der Waals surface area contributed by atoms with E-state index in [-0.39, 0.29) is 29.7 Å². The molecule has 3 rings (SSSR count). The van der Waals surface area contributed by atoms with Crippen LogP contribution in [0.25, 0.3) is 0 Å². The second kappa shape index (κ2) is 7.90. The number of carbonyl (C=O) groups excluding carboxylic acids is 2. The van der Waals surface area contributed by atoms with Crippen LogP contribution in [0.2, 0.25) is 5.02 Å². The molecule has 1 N–H and O–H groups in total. The zero-order chi connectivity index (χ0) is 20.5. The Hall–Kier alpha value is -2.42. The van der Waals surface area contributed by atoms with Crippen LogP contribution < -0.4 is 10.2 Å². The highest BCUT2D eigenvalue weighted by molar-refractivity contribution is 7.89. The summed E-state index contributed by atoms with van der Waals surface area (Å²) in [6, 6.07) is 12.8. The van der Waals surface area contributed by atoms with Gasteiger partial charge >= 0.3 is 0 Å². The van der Waals surface area contributed by atoms with E-state index in [9.17, 15) is 18.0 Å². The number of amides is 2. The smallest absolute Gasteiger partial charge is 0.242 e. The molecule has 0 radical (unpaired) electrons. The molecule has 1 fully saturated rings. The number of rotatable bonds is 5. The fraction of sp³-hybridized carbons (Fsp3) is 0.263. The number of halogens is 1. The zero-order valence-corrected chi connectivity index (χ0v) is 17.0. The summed E-state index contributed by atoms with van der Waals surface area (Å²) in [6.07, 6.45) is 0.113. The normalized spacial score (nSPS) is 17.2. The highest BCUT2D eigenvalue weighted by Crippen LogP contribution is 2.27. The number of sulfonamides is 1. The van der Waals surface area contributed by atoms with Gasteiger partial charge in [0.2, 0.25) is 21.8 Å². The molecule has 0 aliphatic carbocycles. The number of anilines is 2. The Morgan fingerprint density at radius 2 is 1.71 bits per heavy atom. The van der Waals surface area contributed by atoms with Gasteiger partial charge in [0.25, 0.3) is 0 Å². The lowest BCUT2D eigenvalue weighted by molar-refractivity contribution is -0.122. The van der Waals surface area contributed by atoms with E-state index in [2.05, 4.69) is 5.32 Å². The summed E-state index contributed by atoms with van der Waals surface area (Å²) < 4.78 is 25.3. The summed E-state index contributed by atoms with van der Waals surface area (Å²) >= 11 is 5.87. The quantitative estimate of drug-likeness (QED) is 0.803. The summed E-state index contributed by atoms with van der Waals surface area (Å²) in [5.74, 6) is -0.906. The molecule has 0 bridgehead atoms. The van der Waals surface area contributed by atoms with Crippen LogP contribution in [0.4, 0.5) is 11.4 Å². The van der Waals surface area contributed by atoms with Crippen molar-refractivity contribution in [3.8, 4) is 0 Å². The number of nitrogens with one attached hydrogen (secondary N) is 1. The van der Waals surface area contributed by atoms with Crippen molar-refractivity contribution < 1.29 is 18.0 Å². The van der Waals surface area contributed by atoms with Crippen LogP contribution in [-0.2, 0) is 19.6 Å². The van der Waals surface area contributed by atoms with Gasteiger partial charge in [-0.05, 0) is 48.5 Å². The van der Waals surface area contributed by atoms with Crippen LogP contribution in [-0.4, -0.2) is 45.2 Å². The summed E-state index contributed by atoms with van der Waals surface area (Å²) in [6.45, 7) is 0.277. The van der Waals surface area contributed by atoms with E-state index in [0.717, 1.165) is 4.31 Å². The maximum atomic E-state index is 12.5.